The van der Waals surface area contributed by atoms with Crippen LogP contribution in [0.5, 0.6) is 0 Å². The van der Waals surface area contributed by atoms with Crippen LogP contribution in [0.15, 0.2) is 40.3 Å². The fourth-order valence-electron chi connectivity index (χ4n) is 3.06. The molecule has 1 atom stereocenters. The fraction of sp³-hybridized carbons (Fsp3) is 0.235. The van der Waals surface area contributed by atoms with Crippen molar-refractivity contribution in [3.63, 3.8) is 0 Å². The van der Waals surface area contributed by atoms with Crippen LogP contribution in [0.25, 0.3) is 0 Å². The number of methoxy groups -OCH3 is 1. The molecule has 0 saturated heterocycles. The molecule has 2 heterocycles. The van der Waals surface area contributed by atoms with Gasteiger partial charge in [0.2, 0.25) is 0 Å². The van der Waals surface area contributed by atoms with Gasteiger partial charge in [-0.25, -0.2) is 4.79 Å². The van der Waals surface area contributed by atoms with E-state index in [1.54, 1.807) is 6.92 Å². The second kappa shape index (κ2) is 6.69. The molecule has 2 aromatic rings. The van der Waals surface area contributed by atoms with Gasteiger partial charge in [-0.2, -0.15) is 13.2 Å². The molecule has 1 aromatic carbocycles. The van der Waals surface area contributed by atoms with Crippen LogP contribution in [-0.4, -0.2) is 23.0 Å². The summed E-state index contributed by atoms with van der Waals surface area (Å²) in [5.74, 6) is -1.34. The van der Waals surface area contributed by atoms with Gasteiger partial charge in [-0.05, 0) is 36.8 Å². The van der Waals surface area contributed by atoms with E-state index in [4.69, 9.17) is 17.0 Å². The Morgan fingerprint density at radius 2 is 1.81 bits per heavy atom. The molecule has 0 fully saturated rings. The van der Waals surface area contributed by atoms with E-state index in [2.05, 4.69) is 15.3 Å². The molecule has 10 heteroatoms. The summed E-state index contributed by atoms with van der Waals surface area (Å²) >= 11 is 4.96. The Labute approximate surface area is 156 Å². The van der Waals surface area contributed by atoms with Crippen LogP contribution in [-0.2, 0) is 15.7 Å². The molecule has 0 aliphatic carbocycles. The van der Waals surface area contributed by atoms with E-state index in [1.165, 1.54) is 19.2 Å². The van der Waals surface area contributed by atoms with Gasteiger partial charge in [0.1, 0.15) is 5.82 Å². The lowest BCUT2D eigenvalue weighted by Crippen LogP contribution is -2.30. The zero-order chi connectivity index (χ0) is 19.9. The van der Waals surface area contributed by atoms with E-state index in [1.807, 2.05) is 0 Å². The molecule has 0 bridgehead atoms. The Kier molecular flexibility index (Phi) is 4.68. The molecule has 0 amide bonds. The topological polar surface area (TPSA) is 87.0 Å². The minimum atomic E-state index is -4.50. The zero-order valence-corrected chi connectivity index (χ0v) is 15.0. The molecule has 3 rings (SSSR count). The minimum absolute atomic E-state index is 0.0757. The van der Waals surface area contributed by atoms with Crippen LogP contribution in [0.2, 0.25) is 0 Å². The predicted octanol–water partition coefficient (Wildman–Crippen LogP) is 3.46. The smallest absolute Gasteiger partial charge is 0.416 e. The normalized spacial score (nSPS) is 16.6. The van der Waals surface area contributed by atoms with Crippen molar-refractivity contribution in [2.45, 2.75) is 19.0 Å². The van der Waals surface area contributed by atoms with E-state index in [-0.39, 0.29) is 21.7 Å². The number of rotatable bonds is 2. The maximum absolute atomic E-state index is 12.9. The molecule has 1 unspecified atom stereocenters. The van der Waals surface area contributed by atoms with Crippen molar-refractivity contribution in [2.24, 2.45) is 0 Å². The van der Waals surface area contributed by atoms with Crippen LogP contribution in [0.1, 0.15) is 29.5 Å². The third-order valence-corrected chi connectivity index (χ3v) is 4.45. The lowest BCUT2D eigenvalue weighted by Gasteiger charge is -2.28. The van der Waals surface area contributed by atoms with Gasteiger partial charge in [-0.3, -0.25) is 9.78 Å². The van der Waals surface area contributed by atoms with Crippen molar-refractivity contribution in [3.8, 4) is 0 Å². The number of hydrogen-bond donors (Lipinski definition) is 3. The third kappa shape index (κ3) is 3.39. The van der Waals surface area contributed by atoms with Gasteiger partial charge in [-0.1, -0.05) is 12.1 Å². The van der Waals surface area contributed by atoms with Crippen molar-refractivity contribution in [2.75, 3.05) is 12.4 Å². The Bertz CT molecular complexity index is 1050. The highest BCUT2D eigenvalue weighted by Crippen LogP contribution is 2.40. The number of aromatic nitrogens is 2. The molecule has 6 nitrogen and oxygen atoms in total. The van der Waals surface area contributed by atoms with E-state index < -0.39 is 29.2 Å². The second-order valence-corrected chi connectivity index (χ2v) is 6.31. The number of nitrogens with one attached hydrogen (secondary N) is 3. The van der Waals surface area contributed by atoms with E-state index in [0.29, 0.717) is 11.3 Å². The molecule has 0 radical (unpaired) electrons. The Hall–Kier alpha value is -2.88. The van der Waals surface area contributed by atoms with Crippen molar-refractivity contribution in [1.82, 2.24) is 9.97 Å². The standard InChI is InChI=1S/C17H14F3N3O3S/c1-7-10(15(25)26-2)11(8-3-5-9(6-4-8)17(18,19)20)12-13(21-7)22-16(27)23-14(12)24/h3-6,11H,1-2H3,(H3,21,22,23,24,27). The average molecular weight is 397 g/mol. The number of fused-ring (bicyclic) bond motifs is 1. The number of allylic oxidation sites excluding steroid dienone is 1. The summed E-state index contributed by atoms with van der Waals surface area (Å²) in [5.41, 5.74) is -0.394. The average Bonchev–Trinajstić information content (AvgIpc) is 2.59. The lowest BCUT2D eigenvalue weighted by molar-refractivity contribution is -0.138. The first-order valence-corrected chi connectivity index (χ1v) is 8.14. The highest BCUT2D eigenvalue weighted by molar-refractivity contribution is 7.71. The van der Waals surface area contributed by atoms with E-state index in [0.717, 1.165) is 12.1 Å². The first kappa shape index (κ1) is 18.9. The summed E-state index contributed by atoms with van der Waals surface area (Å²) < 4.78 is 43.5. The molecule has 0 spiro atoms. The largest absolute Gasteiger partial charge is 0.466 e. The quantitative estimate of drug-likeness (QED) is 0.534. The molecular formula is C17H14F3N3O3S. The van der Waals surface area contributed by atoms with Gasteiger partial charge in [-0.15, -0.1) is 0 Å². The second-order valence-electron chi connectivity index (χ2n) is 5.90. The number of halogens is 3. The van der Waals surface area contributed by atoms with Gasteiger partial charge >= 0.3 is 12.1 Å². The molecule has 142 valence electrons. The van der Waals surface area contributed by atoms with Gasteiger partial charge in [0.15, 0.2) is 4.77 Å². The third-order valence-electron chi connectivity index (χ3n) is 4.25. The first-order valence-electron chi connectivity index (χ1n) is 7.73. The van der Waals surface area contributed by atoms with E-state index >= 15 is 0 Å². The lowest BCUT2D eigenvalue weighted by atomic mass is 9.82. The van der Waals surface area contributed by atoms with Crippen LogP contribution < -0.4 is 10.9 Å². The number of anilines is 1. The molecule has 1 aliphatic rings. The Balaban J connectivity index is 2.25. The van der Waals surface area contributed by atoms with Crippen LogP contribution in [0.4, 0.5) is 19.0 Å². The number of esters is 1. The number of hydrogen-bond acceptors (Lipinski definition) is 5. The zero-order valence-electron chi connectivity index (χ0n) is 14.2. The Morgan fingerprint density at radius 1 is 1.19 bits per heavy atom. The van der Waals surface area contributed by atoms with Crippen LogP contribution in [0, 0.1) is 4.77 Å². The van der Waals surface area contributed by atoms with Gasteiger partial charge in [0.05, 0.1) is 29.7 Å². The molecule has 3 N–H and O–H groups in total. The molecule has 1 aromatic heterocycles. The Morgan fingerprint density at radius 3 is 2.37 bits per heavy atom. The molecule has 0 saturated carbocycles. The summed E-state index contributed by atoms with van der Waals surface area (Å²) in [7, 11) is 1.19. The highest BCUT2D eigenvalue weighted by atomic mass is 32.1. The van der Waals surface area contributed by atoms with Crippen molar-refractivity contribution in [3.05, 3.63) is 67.4 Å². The van der Waals surface area contributed by atoms with Gasteiger partial charge < -0.3 is 15.0 Å². The van der Waals surface area contributed by atoms with Crippen LogP contribution >= 0.6 is 12.2 Å². The number of carbonyl (C=O) groups is 1. The predicted molar refractivity (Wildman–Crippen MR) is 93.9 cm³/mol. The number of carbonyl (C=O) groups excluding carboxylic acids is 1. The molecule has 27 heavy (non-hydrogen) atoms. The highest BCUT2D eigenvalue weighted by Gasteiger charge is 2.36. The SMILES string of the molecule is COC(=O)C1=C(C)Nc2[nH]c(=S)[nH]c(=O)c2C1c1ccc(C(F)(F)F)cc1. The summed E-state index contributed by atoms with van der Waals surface area (Å²) in [6, 6.07) is 4.28. The summed E-state index contributed by atoms with van der Waals surface area (Å²) in [5, 5.41) is 2.90. The summed E-state index contributed by atoms with van der Waals surface area (Å²) in [4.78, 5) is 30.1. The molecule has 1 aliphatic heterocycles. The van der Waals surface area contributed by atoms with E-state index in [9.17, 15) is 22.8 Å². The molecular weight excluding hydrogens is 383 g/mol. The number of benzene rings is 1. The van der Waals surface area contributed by atoms with Crippen molar-refractivity contribution < 1.29 is 22.7 Å². The first-order chi connectivity index (χ1) is 12.6. The maximum atomic E-state index is 12.9. The van der Waals surface area contributed by atoms with Gasteiger partial charge in [0, 0.05) is 5.70 Å². The van der Waals surface area contributed by atoms with Crippen molar-refractivity contribution >= 4 is 24.0 Å². The summed E-state index contributed by atoms with van der Waals surface area (Å²) in [6.07, 6.45) is -4.50. The van der Waals surface area contributed by atoms with Gasteiger partial charge in [0.25, 0.3) is 5.56 Å². The number of ether oxygens (including phenoxy) is 1. The summed E-state index contributed by atoms with van der Waals surface area (Å²) in [6.45, 7) is 1.60. The fourth-order valence-corrected chi connectivity index (χ4v) is 3.26. The van der Waals surface area contributed by atoms with Crippen LogP contribution in [0.3, 0.4) is 0 Å². The minimum Gasteiger partial charge on any atom is -0.466 e. The maximum Gasteiger partial charge on any atom is 0.416 e. The number of aromatic amines is 2. The van der Waals surface area contributed by atoms with Crippen molar-refractivity contribution in [1.29, 1.82) is 0 Å². The monoisotopic (exact) mass is 397 g/mol. The number of alkyl halides is 3. The number of H-pyrrole nitrogens is 2.